The number of benzene rings is 2. The molecule has 2 heterocycles. The normalized spacial score (nSPS) is 19.0. The maximum atomic E-state index is 11.7. The Kier molecular flexibility index (Phi) is 11.3. The molecule has 1 N–H and O–H groups in total. The third-order valence-electron chi connectivity index (χ3n) is 8.22. The molecule has 2 aromatic carbocycles. The van der Waals surface area contributed by atoms with E-state index < -0.39 is 0 Å². The number of hydrogen-bond donors (Lipinski definition) is 1. The fourth-order valence-corrected chi connectivity index (χ4v) is 5.64. The van der Waals surface area contributed by atoms with Gasteiger partial charge in [0.2, 0.25) is 0 Å². The van der Waals surface area contributed by atoms with Crippen LogP contribution < -0.4 is 4.74 Å². The van der Waals surface area contributed by atoms with Crippen LogP contribution in [0.5, 0.6) is 5.75 Å². The first kappa shape index (κ1) is 31.8. The number of allylic oxidation sites excluding steroid dienone is 5. The Hall–Kier alpha value is -2.75. The Morgan fingerprint density at radius 1 is 1.07 bits per heavy atom. The molecule has 3 aliphatic rings. The van der Waals surface area contributed by atoms with Gasteiger partial charge in [0.25, 0.3) is 0 Å². The number of aliphatic imine (C=N–C) groups is 1. The maximum absolute atomic E-state index is 11.7. The van der Waals surface area contributed by atoms with Crippen LogP contribution in [0.1, 0.15) is 72.8 Å². The molecule has 5 heteroatoms. The van der Waals surface area contributed by atoms with Crippen LogP contribution in [0.2, 0.25) is 0 Å². The van der Waals surface area contributed by atoms with Gasteiger partial charge in [0.15, 0.2) is 5.78 Å². The summed E-state index contributed by atoms with van der Waals surface area (Å²) in [6, 6.07) is 13.8. The molecule has 0 bridgehead atoms. The molecule has 0 amide bonds. The third-order valence-corrected chi connectivity index (χ3v) is 8.22. The first-order valence-corrected chi connectivity index (χ1v) is 14.5. The molecule has 0 spiro atoms. The van der Waals surface area contributed by atoms with Crippen LogP contribution in [0, 0.1) is 29.7 Å². The van der Waals surface area contributed by atoms with E-state index in [1.807, 2.05) is 46.0 Å². The molecular weight excluding hydrogens is 675 g/mol. The summed E-state index contributed by atoms with van der Waals surface area (Å²) in [5.74, 6) is 2.13. The number of ether oxygens (including phenoxy) is 1. The van der Waals surface area contributed by atoms with E-state index in [4.69, 9.17) is 9.73 Å². The quantitative estimate of drug-likeness (QED) is 0.169. The zero-order chi connectivity index (χ0) is 28.1. The van der Waals surface area contributed by atoms with Crippen molar-refractivity contribution in [1.82, 2.24) is 0 Å². The average Bonchev–Trinajstić information content (AvgIpc) is 2.94. The molecule has 0 aromatic heterocycles. The largest absolute Gasteiger partial charge is 0.529 e. The molecule has 4 nitrogen and oxygen atoms in total. The van der Waals surface area contributed by atoms with Gasteiger partial charge < -0.3 is 14.8 Å². The van der Waals surface area contributed by atoms with E-state index in [-0.39, 0.29) is 55.5 Å². The summed E-state index contributed by atoms with van der Waals surface area (Å²) < 4.78 is 6.50. The Morgan fingerprint density at radius 3 is 2.40 bits per heavy atom. The summed E-state index contributed by atoms with van der Waals surface area (Å²) in [7, 11) is 0. The van der Waals surface area contributed by atoms with Crippen LogP contribution in [0.25, 0.3) is 10.8 Å². The number of fused-ring (bicyclic) bond motifs is 4. The second-order valence-electron chi connectivity index (χ2n) is 10.9. The molecule has 0 fully saturated rings. The van der Waals surface area contributed by atoms with E-state index >= 15 is 0 Å². The van der Waals surface area contributed by atoms with Gasteiger partial charge in [0.1, 0.15) is 6.10 Å². The van der Waals surface area contributed by atoms with E-state index in [1.54, 1.807) is 0 Å². The number of nitrogens with zero attached hydrogens (tertiary/aromatic N) is 1. The standard InChI is InChI=1S/C22H18NO.C13H24O2.Ir/c1-13(2)16-11-15-9-10-23-21-18-8-7-14-5-3-4-6-17(14)22(18)24-19(12-16)20(15)21;1-5-10(6-2)12(14)9-13(15)11(7-3)8-4;/h3-7,9-13,19-20H,1-2H3;9-11,14H,5-8H2,1-4H3;/q-1;;/b;12-9-;. The number of hydrogen-bond acceptors (Lipinski definition) is 4. The van der Waals surface area contributed by atoms with Crippen LogP contribution in [-0.2, 0) is 24.9 Å². The molecule has 2 atom stereocenters. The molecule has 2 unspecified atom stereocenters. The molecule has 215 valence electrons. The molecule has 1 aliphatic carbocycles. The molecule has 0 saturated carbocycles. The predicted molar refractivity (Wildman–Crippen MR) is 161 cm³/mol. The number of aliphatic hydroxyl groups excluding tert-OH is 1. The van der Waals surface area contributed by atoms with Gasteiger partial charge in [-0.15, -0.1) is 12.1 Å². The second kappa shape index (κ2) is 14.2. The number of carbonyl (C=O) groups is 1. The number of carbonyl (C=O) groups excluding carboxylic acids is 1. The van der Waals surface area contributed by atoms with Gasteiger partial charge in [-0.25, -0.2) is 0 Å². The van der Waals surface area contributed by atoms with Gasteiger partial charge in [0, 0.05) is 55.9 Å². The van der Waals surface area contributed by atoms with Crippen LogP contribution >= 0.6 is 0 Å². The second-order valence-corrected chi connectivity index (χ2v) is 10.9. The summed E-state index contributed by atoms with van der Waals surface area (Å²) in [6.07, 6.45) is 13.5. The van der Waals surface area contributed by atoms with Gasteiger partial charge in [0.05, 0.1) is 5.76 Å². The Labute approximate surface area is 253 Å². The number of ketones is 1. The smallest absolute Gasteiger partial charge is 0.162 e. The molecule has 0 saturated heterocycles. The van der Waals surface area contributed by atoms with Crippen LogP contribution in [-0.4, -0.2) is 22.7 Å². The van der Waals surface area contributed by atoms with Gasteiger partial charge in [-0.1, -0.05) is 88.2 Å². The zero-order valence-corrected chi connectivity index (χ0v) is 26.9. The minimum atomic E-state index is 0. The topological polar surface area (TPSA) is 58.9 Å². The summed E-state index contributed by atoms with van der Waals surface area (Å²) >= 11 is 0. The van der Waals surface area contributed by atoms with Crippen LogP contribution in [0.15, 0.2) is 82.7 Å². The van der Waals surface area contributed by atoms with Crippen molar-refractivity contribution in [2.45, 2.75) is 73.3 Å². The van der Waals surface area contributed by atoms with Crippen molar-refractivity contribution in [2.24, 2.45) is 28.7 Å². The SMILES string of the molecule is CC(C)C1=CC2Oc3c([c-]cc4ccccc34)C3=NC=CC(=C1)C32.CCC(CC)C(=O)/C=C(\O)C(CC)CC.[Ir]. The molecule has 40 heavy (non-hydrogen) atoms. The monoisotopic (exact) mass is 717 g/mol. The first-order valence-electron chi connectivity index (χ1n) is 14.5. The third kappa shape index (κ3) is 6.58. The van der Waals surface area contributed by atoms with Crippen LogP contribution in [0.3, 0.4) is 0 Å². The number of aliphatic hydroxyl groups is 1. The molecule has 1 radical (unpaired) electrons. The molecule has 2 aromatic rings. The van der Waals surface area contributed by atoms with E-state index in [1.165, 1.54) is 17.2 Å². The fourth-order valence-electron chi connectivity index (χ4n) is 5.64. The summed E-state index contributed by atoms with van der Waals surface area (Å²) in [5.41, 5.74) is 4.72. The first-order chi connectivity index (χ1) is 18.8. The van der Waals surface area contributed by atoms with Gasteiger partial charge >= 0.3 is 0 Å². The van der Waals surface area contributed by atoms with Crippen molar-refractivity contribution >= 4 is 22.3 Å². The summed E-state index contributed by atoms with van der Waals surface area (Å²) in [5, 5.41) is 12.1. The Balaban J connectivity index is 0.000000243. The molecular formula is C35H42IrNO3-. The summed E-state index contributed by atoms with van der Waals surface area (Å²) in [4.78, 5) is 16.4. The zero-order valence-electron chi connectivity index (χ0n) is 24.5. The number of rotatable bonds is 8. The fraction of sp³-hybridized carbons (Fsp3) is 0.429. The van der Waals surface area contributed by atoms with E-state index in [9.17, 15) is 9.90 Å². The predicted octanol–water partition coefficient (Wildman–Crippen LogP) is 8.72. The molecule has 5 rings (SSSR count). The van der Waals surface area contributed by atoms with Crippen LogP contribution in [0.4, 0.5) is 0 Å². The van der Waals surface area contributed by atoms with Gasteiger partial charge in [-0.2, -0.15) is 0 Å². The van der Waals surface area contributed by atoms with Crippen molar-refractivity contribution in [1.29, 1.82) is 0 Å². The van der Waals surface area contributed by atoms with E-state index in [2.05, 4.69) is 56.3 Å². The minimum absolute atomic E-state index is 0. The van der Waals surface area contributed by atoms with Crippen molar-refractivity contribution in [2.75, 3.05) is 0 Å². The van der Waals surface area contributed by atoms with Crippen molar-refractivity contribution in [3.05, 3.63) is 89.4 Å². The Bertz CT molecular complexity index is 1360. The van der Waals surface area contributed by atoms with E-state index in [0.29, 0.717) is 5.92 Å². The van der Waals surface area contributed by atoms with E-state index in [0.717, 1.165) is 53.5 Å². The summed E-state index contributed by atoms with van der Waals surface area (Å²) in [6.45, 7) is 12.5. The van der Waals surface area contributed by atoms with Gasteiger partial charge in [-0.05, 0) is 60.6 Å². The van der Waals surface area contributed by atoms with Gasteiger partial charge in [-0.3, -0.25) is 4.79 Å². The van der Waals surface area contributed by atoms with Crippen molar-refractivity contribution in [3.63, 3.8) is 0 Å². The van der Waals surface area contributed by atoms with Crippen molar-refractivity contribution in [3.8, 4) is 5.75 Å². The van der Waals surface area contributed by atoms with Crippen molar-refractivity contribution < 1.29 is 34.7 Å². The molecule has 2 aliphatic heterocycles. The Morgan fingerprint density at radius 2 is 1.75 bits per heavy atom. The average molecular weight is 717 g/mol. The minimum Gasteiger partial charge on any atom is -0.529 e. The maximum Gasteiger partial charge on any atom is 0.162 e.